The number of rotatable bonds is 7. The number of carboxylic acid groups (broad SMARTS) is 1. The predicted octanol–water partition coefficient (Wildman–Crippen LogP) is 3.29. The van der Waals surface area contributed by atoms with E-state index < -0.39 is 11.4 Å². The van der Waals surface area contributed by atoms with Gasteiger partial charge in [0, 0.05) is 29.6 Å². The van der Waals surface area contributed by atoms with Gasteiger partial charge in [0.2, 0.25) is 5.88 Å². The van der Waals surface area contributed by atoms with Crippen molar-refractivity contribution >= 4 is 17.8 Å². The Bertz CT molecular complexity index is 1040. The van der Waals surface area contributed by atoms with Gasteiger partial charge in [-0.1, -0.05) is 6.42 Å². The van der Waals surface area contributed by atoms with Crippen LogP contribution in [0.2, 0.25) is 0 Å². The van der Waals surface area contributed by atoms with Crippen LogP contribution in [-0.2, 0) is 9.53 Å². The SMILES string of the molecule is Cc1cc(OCC2(C(=O)O)CCC2)ncc1-c1ccc(/C(N)=N/C(=N)OC2CCC2)cn1. The summed E-state index contributed by atoms with van der Waals surface area (Å²) in [5.74, 6) is -0.235. The molecule has 0 atom stereocenters. The van der Waals surface area contributed by atoms with Gasteiger partial charge in [0.15, 0.2) is 0 Å². The Balaban J connectivity index is 1.41. The fourth-order valence-corrected chi connectivity index (χ4v) is 3.66. The monoisotopic (exact) mass is 437 g/mol. The first-order valence-electron chi connectivity index (χ1n) is 10.8. The lowest BCUT2D eigenvalue weighted by Crippen LogP contribution is -2.43. The second-order valence-electron chi connectivity index (χ2n) is 8.47. The highest BCUT2D eigenvalue weighted by atomic mass is 16.5. The minimum atomic E-state index is -0.811. The van der Waals surface area contributed by atoms with Crippen LogP contribution in [0.3, 0.4) is 0 Å². The molecule has 2 heterocycles. The van der Waals surface area contributed by atoms with Crippen molar-refractivity contribution < 1.29 is 19.4 Å². The van der Waals surface area contributed by atoms with Crippen molar-refractivity contribution in [1.29, 1.82) is 5.41 Å². The molecule has 4 N–H and O–H groups in total. The molecule has 0 bridgehead atoms. The van der Waals surface area contributed by atoms with Gasteiger partial charge in [0.25, 0.3) is 0 Å². The molecule has 2 aliphatic rings. The number of pyridine rings is 2. The number of aliphatic carboxylic acids is 1. The second kappa shape index (κ2) is 8.94. The lowest BCUT2D eigenvalue weighted by molar-refractivity contribution is -0.157. The number of aryl methyl sites for hydroxylation is 1. The third-order valence-electron chi connectivity index (χ3n) is 6.23. The Hall–Kier alpha value is -3.49. The molecule has 168 valence electrons. The fourth-order valence-electron chi connectivity index (χ4n) is 3.66. The number of aromatic nitrogens is 2. The molecule has 0 radical (unpaired) electrons. The average molecular weight is 438 g/mol. The minimum absolute atomic E-state index is 0.0744. The summed E-state index contributed by atoms with van der Waals surface area (Å²) in [6.07, 6.45) is 8.53. The number of nitrogens with zero attached hydrogens (tertiary/aromatic N) is 3. The molecule has 0 amide bonds. The van der Waals surface area contributed by atoms with E-state index in [0.29, 0.717) is 30.0 Å². The van der Waals surface area contributed by atoms with E-state index in [-0.39, 0.29) is 24.6 Å². The summed E-state index contributed by atoms with van der Waals surface area (Å²) >= 11 is 0. The van der Waals surface area contributed by atoms with Crippen LogP contribution < -0.4 is 10.5 Å². The highest BCUT2D eigenvalue weighted by molar-refractivity contribution is 6.03. The Labute approximate surface area is 186 Å². The van der Waals surface area contributed by atoms with Crippen LogP contribution in [0.1, 0.15) is 49.7 Å². The Morgan fingerprint density at radius 3 is 2.59 bits per heavy atom. The van der Waals surface area contributed by atoms with Gasteiger partial charge in [-0.3, -0.25) is 9.78 Å². The Kier molecular flexibility index (Phi) is 6.07. The summed E-state index contributed by atoms with van der Waals surface area (Å²) in [5, 5.41) is 17.2. The van der Waals surface area contributed by atoms with Crippen molar-refractivity contribution in [3.63, 3.8) is 0 Å². The minimum Gasteiger partial charge on any atom is -0.481 e. The molecule has 2 aromatic heterocycles. The van der Waals surface area contributed by atoms with E-state index in [2.05, 4.69) is 15.0 Å². The van der Waals surface area contributed by atoms with Gasteiger partial charge in [0.05, 0.1) is 5.69 Å². The lowest BCUT2D eigenvalue weighted by Gasteiger charge is -2.36. The standard InChI is InChI=1S/C23H27N5O4/c1-14-10-19(31-13-23(21(29)30)8-3-9-23)27-12-17(14)18-7-6-15(11-26-18)20(24)28-22(25)32-16-4-2-5-16/h6-7,10-12,16H,2-5,8-9,13H2,1H3,(H,29,30)(H3,24,25,28). The summed E-state index contributed by atoms with van der Waals surface area (Å²) in [6, 6.07) is 5.20. The molecular weight excluding hydrogens is 410 g/mol. The number of hydrogen-bond donors (Lipinski definition) is 3. The molecule has 2 aliphatic carbocycles. The van der Waals surface area contributed by atoms with Crippen LogP contribution in [0.15, 0.2) is 35.6 Å². The zero-order valence-corrected chi connectivity index (χ0v) is 18.0. The van der Waals surface area contributed by atoms with Crippen molar-refractivity contribution in [2.45, 2.75) is 51.6 Å². The lowest BCUT2D eigenvalue weighted by atomic mass is 9.69. The van der Waals surface area contributed by atoms with Crippen molar-refractivity contribution in [2.75, 3.05) is 6.61 Å². The topological polar surface area (TPSA) is 144 Å². The van der Waals surface area contributed by atoms with Crippen LogP contribution in [0.25, 0.3) is 11.3 Å². The Morgan fingerprint density at radius 2 is 2.06 bits per heavy atom. The molecule has 9 nitrogen and oxygen atoms in total. The van der Waals surface area contributed by atoms with E-state index >= 15 is 0 Å². The Morgan fingerprint density at radius 1 is 1.28 bits per heavy atom. The van der Waals surface area contributed by atoms with E-state index in [4.69, 9.17) is 20.6 Å². The van der Waals surface area contributed by atoms with E-state index in [1.165, 1.54) is 0 Å². The van der Waals surface area contributed by atoms with Gasteiger partial charge in [-0.2, -0.15) is 4.99 Å². The third-order valence-corrected chi connectivity index (χ3v) is 6.23. The summed E-state index contributed by atoms with van der Waals surface area (Å²) in [4.78, 5) is 24.3. The zero-order chi connectivity index (χ0) is 22.7. The number of aliphatic imine (C=N–C) groups is 1. The molecule has 0 aliphatic heterocycles. The smallest absolute Gasteiger partial charge is 0.313 e. The van der Waals surface area contributed by atoms with Crippen molar-refractivity contribution in [1.82, 2.24) is 9.97 Å². The maximum absolute atomic E-state index is 11.5. The molecule has 9 heteroatoms. The van der Waals surface area contributed by atoms with Gasteiger partial charge < -0.3 is 20.3 Å². The largest absolute Gasteiger partial charge is 0.481 e. The molecule has 0 saturated heterocycles. The second-order valence-corrected chi connectivity index (χ2v) is 8.47. The van der Waals surface area contributed by atoms with Crippen LogP contribution in [0.4, 0.5) is 0 Å². The summed E-state index contributed by atoms with van der Waals surface area (Å²) in [5.41, 5.74) is 8.25. The maximum atomic E-state index is 11.5. The predicted molar refractivity (Wildman–Crippen MR) is 119 cm³/mol. The molecule has 2 saturated carbocycles. The fraction of sp³-hybridized carbons (Fsp3) is 0.435. The first kappa shape index (κ1) is 21.7. The van der Waals surface area contributed by atoms with Crippen molar-refractivity contribution in [3.05, 3.63) is 41.7 Å². The molecule has 32 heavy (non-hydrogen) atoms. The highest BCUT2D eigenvalue weighted by Crippen LogP contribution is 2.41. The number of amidine groups is 2. The van der Waals surface area contributed by atoms with E-state index in [1.54, 1.807) is 24.5 Å². The quantitative estimate of drug-likeness (QED) is 0.445. The van der Waals surface area contributed by atoms with Gasteiger partial charge in [0.1, 0.15) is 24.0 Å². The highest BCUT2D eigenvalue weighted by Gasteiger charge is 2.45. The van der Waals surface area contributed by atoms with Gasteiger partial charge in [-0.05, 0) is 56.7 Å². The number of nitrogens with two attached hydrogens (primary N) is 1. The normalized spacial score (nSPS) is 17.7. The summed E-state index contributed by atoms with van der Waals surface area (Å²) in [7, 11) is 0. The van der Waals surface area contributed by atoms with Crippen LogP contribution in [0, 0.1) is 17.7 Å². The van der Waals surface area contributed by atoms with Gasteiger partial charge >= 0.3 is 12.0 Å². The third kappa shape index (κ3) is 4.56. The van der Waals surface area contributed by atoms with Crippen LogP contribution in [0.5, 0.6) is 5.88 Å². The zero-order valence-electron chi connectivity index (χ0n) is 18.0. The first-order chi connectivity index (χ1) is 15.4. The van der Waals surface area contributed by atoms with E-state index in [9.17, 15) is 9.90 Å². The number of carbonyl (C=O) groups is 1. The molecule has 0 spiro atoms. The molecule has 2 aromatic rings. The van der Waals surface area contributed by atoms with Crippen molar-refractivity contribution in [3.8, 4) is 17.1 Å². The molecule has 4 rings (SSSR count). The summed E-state index contributed by atoms with van der Waals surface area (Å²) < 4.78 is 11.1. The van der Waals surface area contributed by atoms with Crippen LogP contribution >= 0.6 is 0 Å². The average Bonchev–Trinajstić information content (AvgIpc) is 2.70. The molecular formula is C23H27N5O4. The molecule has 0 unspecified atom stereocenters. The molecule has 0 aromatic carbocycles. The number of nitrogens with one attached hydrogen (secondary N) is 1. The number of hydrogen-bond acceptors (Lipinski definition) is 6. The van der Waals surface area contributed by atoms with Gasteiger partial charge in [-0.15, -0.1) is 0 Å². The maximum Gasteiger partial charge on any atom is 0.313 e. The van der Waals surface area contributed by atoms with E-state index in [0.717, 1.165) is 36.8 Å². The first-order valence-corrected chi connectivity index (χ1v) is 10.8. The van der Waals surface area contributed by atoms with Gasteiger partial charge in [-0.25, -0.2) is 10.4 Å². The van der Waals surface area contributed by atoms with E-state index in [1.807, 2.05) is 13.0 Å². The summed E-state index contributed by atoms with van der Waals surface area (Å²) in [6.45, 7) is 2.05. The molecule has 2 fully saturated rings. The van der Waals surface area contributed by atoms with Crippen LogP contribution in [-0.4, -0.2) is 45.6 Å². The van der Waals surface area contributed by atoms with Crippen molar-refractivity contribution in [2.24, 2.45) is 16.1 Å². The number of ether oxygens (including phenoxy) is 2. The number of carboxylic acids is 1.